The topological polar surface area (TPSA) is 100 Å². The SMILES string of the molecule is COC(=O)C(=CC1CCC(OC)CC(OC)C1)c1cccc(Oc2ccc(C=C3SC(=O)NC3=O)cc2)c1. The molecule has 1 aliphatic carbocycles. The summed E-state index contributed by atoms with van der Waals surface area (Å²) in [5.74, 6) is 0.482. The minimum absolute atomic E-state index is 0.0537. The summed E-state index contributed by atoms with van der Waals surface area (Å²) in [6.45, 7) is 0. The molecule has 4 rings (SSSR count). The lowest BCUT2D eigenvalue weighted by molar-refractivity contribution is -0.133. The molecule has 2 fully saturated rings. The van der Waals surface area contributed by atoms with Gasteiger partial charge in [0, 0.05) is 14.2 Å². The molecule has 0 aromatic heterocycles. The van der Waals surface area contributed by atoms with Crippen LogP contribution in [0.25, 0.3) is 11.6 Å². The van der Waals surface area contributed by atoms with Gasteiger partial charge in [-0.25, -0.2) is 4.79 Å². The van der Waals surface area contributed by atoms with Crippen LogP contribution in [0.1, 0.15) is 36.8 Å². The molecule has 2 aliphatic rings. The number of methoxy groups -OCH3 is 3. The van der Waals surface area contributed by atoms with Gasteiger partial charge >= 0.3 is 5.97 Å². The van der Waals surface area contributed by atoms with E-state index in [0.717, 1.165) is 43.0 Å². The number of carbonyl (C=O) groups is 3. The number of thioether (sulfide) groups is 1. The number of benzene rings is 2. The molecular weight excluding hydrogens is 506 g/mol. The fourth-order valence-corrected chi connectivity index (χ4v) is 5.30. The van der Waals surface area contributed by atoms with Crippen molar-refractivity contribution in [2.75, 3.05) is 21.3 Å². The second kappa shape index (κ2) is 12.9. The minimum atomic E-state index is -0.409. The lowest BCUT2D eigenvalue weighted by Gasteiger charge is -2.18. The van der Waals surface area contributed by atoms with E-state index in [9.17, 15) is 14.4 Å². The third-order valence-corrected chi connectivity index (χ3v) is 7.44. The minimum Gasteiger partial charge on any atom is -0.465 e. The summed E-state index contributed by atoms with van der Waals surface area (Å²) in [4.78, 5) is 36.3. The van der Waals surface area contributed by atoms with Crippen molar-refractivity contribution < 1.29 is 33.3 Å². The van der Waals surface area contributed by atoms with Gasteiger partial charge in [0.1, 0.15) is 11.5 Å². The first kappa shape index (κ1) is 27.6. The van der Waals surface area contributed by atoms with Crippen LogP contribution in [0.15, 0.2) is 59.5 Å². The van der Waals surface area contributed by atoms with E-state index in [1.165, 1.54) is 7.11 Å². The van der Waals surface area contributed by atoms with Crippen LogP contribution in [0, 0.1) is 5.92 Å². The Morgan fingerprint density at radius 1 is 0.947 bits per heavy atom. The highest BCUT2D eigenvalue weighted by Crippen LogP contribution is 2.32. The number of imide groups is 1. The number of nitrogens with one attached hydrogen (secondary N) is 1. The molecule has 1 heterocycles. The van der Waals surface area contributed by atoms with E-state index in [2.05, 4.69) is 5.32 Å². The fourth-order valence-electron chi connectivity index (χ4n) is 4.62. The van der Waals surface area contributed by atoms with Crippen molar-refractivity contribution >= 4 is 40.5 Å². The molecule has 0 spiro atoms. The summed E-state index contributed by atoms with van der Waals surface area (Å²) >= 11 is 0.874. The van der Waals surface area contributed by atoms with Crippen LogP contribution in [0.2, 0.25) is 0 Å². The number of hydrogen-bond donors (Lipinski definition) is 1. The Bertz CT molecular complexity index is 1240. The van der Waals surface area contributed by atoms with Crippen LogP contribution in [0.3, 0.4) is 0 Å². The van der Waals surface area contributed by atoms with Crippen molar-refractivity contribution in [3.05, 3.63) is 70.6 Å². The van der Waals surface area contributed by atoms with Gasteiger partial charge in [-0.3, -0.25) is 14.9 Å². The summed E-state index contributed by atoms with van der Waals surface area (Å²) in [5.41, 5.74) is 1.95. The van der Waals surface area contributed by atoms with Crippen LogP contribution in [0.4, 0.5) is 4.79 Å². The Kier molecular flexibility index (Phi) is 9.38. The molecule has 1 saturated heterocycles. The standard InChI is InChI=1S/C29H31NO7S/c1-34-22-12-9-19(13-24(17-22)35-2)14-25(28(32)36-3)20-5-4-6-23(16-20)37-21-10-7-18(8-11-21)15-26-27(31)30-29(33)38-26/h4-8,10-11,14-16,19,22,24H,9,12-13,17H2,1-3H3,(H,30,31,33). The molecule has 0 bridgehead atoms. The second-order valence-corrected chi connectivity index (χ2v) is 10.2. The highest BCUT2D eigenvalue weighted by atomic mass is 32.2. The molecule has 3 atom stereocenters. The number of allylic oxidation sites excluding steroid dienone is 1. The Morgan fingerprint density at radius 3 is 2.37 bits per heavy atom. The summed E-state index contributed by atoms with van der Waals surface area (Å²) in [6, 6.07) is 14.5. The lowest BCUT2D eigenvalue weighted by atomic mass is 9.93. The predicted octanol–water partition coefficient (Wildman–Crippen LogP) is 5.58. The molecule has 0 radical (unpaired) electrons. The quantitative estimate of drug-likeness (QED) is 0.265. The van der Waals surface area contributed by atoms with Crippen LogP contribution >= 0.6 is 11.8 Å². The molecule has 1 saturated carbocycles. The number of amides is 2. The highest BCUT2D eigenvalue weighted by Gasteiger charge is 2.27. The van der Waals surface area contributed by atoms with E-state index >= 15 is 0 Å². The number of ether oxygens (including phenoxy) is 4. The summed E-state index contributed by atoms with van der Waals surface area (Å²) in [5, 5.41) is 1.86. The maximum absolute atomic E-state index is 12.8. The molecule has 2 aromatic carbocycles. The van der Waals surface area contributed by atoms with Gasteiger partial charge in [-0.2, -0.15) is 0 Å². The highest BCUT2D eigenvalue weighted by molar-refractivity contribution is 8.18. The Hall–Kier alpha value is -3.40. The van der Waals surface area contributed by atoms with E-state index in [0.29, 0.717) is 27.5 Å². The zero-order valence-corrected chi connectivity index (χ0v) is 22.4. The summed E-state index contributed by atoms with van der Waals surface area (Å²) < 4.78 is 22.4. The molecule has 38 heavy (non-hydrogen) atoms. The molecule has 2 amide bonds. The molecular formula is C29H31NO7S. The zero-order valence-electron chi connectivity index (χ0n) is 21.6. The van der Waals surface area contributed by atoms with E-state index in [4.69, 9.17) is 18.9 Å². The predicted molar refractivity (Wildman–Crippen MR) is 146 cm³/mol. The maximum Gasteiger partial charge on any atom is 0.338 e. The van der Waals surface area contributed by atoms with E-state index in [1.54, 1.807) is 44.6 Å². The monoisotopic (exact) mass is 537 g/mol. The number of hydrogen-bond acceptors (Lipinski definition) is 8. The van der Waals surface area contributed by atoms with Crippen LogP contribution in [0.5, 0.6) is 11.5 Å². The van der Waals surface area contributed by atoms with Crippen LogP contribution < -0.4 is 10.1 Å². The van der Waals surface area contributed by atoms with Crippen molar-refractivity contribution in [2.45, 2.75) is 37.9 Å². The second-order valence-electron chi connectivity index (χ2n) is 9.15. The van der Waals surface area contributed by atoms with Gasteiger partial charge in [0.05, 0.1) is 29.8 Å². The first-order valence-corrected chi connectivity index (χ1v) is 13.2. The Labute approximate surface area is 226 Å². The average molecular weight is 538 g/mol. The van der Waals surface area contributed by atoms with Crippen molar-refractivity contribution in [1.29, 1.82) is 0 Å². The maximum atomic E-state index is 12.8. The third-order valence-electron chi connectivity index (χ3n) is 6.63. The number of carbonyl (C=O) groups excluding carboxylic acids is 3. The molecule has 200 valence electrons. The van der Waals surface area contributed by atoms with Crippen molar-refractivity contribution in [3.63, 3.8) is 0 Å². The zero-order chi connectivity index (χ0) is 27.1. The van der Waals surface area contributed by atoms with Crippen molar-refractivity contribution in [3.8, 4) is 11.5 Å². The van der Waals surface area contributed by atoms with Gasteiger partial charge in [-0.15, -0.1) is 0 Å². The third kappa shape index (κ3) is 7.12. The molecule has 1 N–H and O–H groups in total. The van der Waals surface area contributed by atoms with Gasteiger partial charge in [-0.1, -0.05) is 30.3 Å². The fraction of sp³-hybridized carbons (Fsp3) is 0.345. The molecule has 9 heteroatoms. The lowest BCUT2D eigenvalue weighted by Crippen LogP contribution is -2.19. The van der Waals surface area contributed by atoms with Gasteiger partial charge < -0.3 is 18.9 Å². The van der Waals surface area contributed by atoms with Crippen molar-refractivity contribution in [2.24, 2.45) is 5.92 Å². The van der Waals surface area contributed by atoms with E-state index in [1.807, 2.05) is 30.3 Å². The first-order chi connectivity index (χ1) is 18.4. The van der Waals surface area contributed by atoms with Gasteiger partial charge in [0.15, 0.2) is 0 Å². The molecule has 3 unspecified atom stereocenters. The average Bonchev–Trinajstić information content (AvgIpc) is 3.11. The van der Waals surface area contributed by atoms with Gasteiger partial charge in [-0.05, 0) is 84.8 Å². The van der Waals surface area contributed by atoms with E-state index in [-0.39, 0.29) is 23.4 Å². The summed E-state index contributed by atoms with van der Waals surface area (Å²) in [7, 11) is 4.81. The van der Waals surface area contributed by atoms with Crippen molar-refractivity contribution in [1.82, 2.24) is 5.32 Å². The molecule has 1 aliphatic heterocycles. The largest absolute Gasteiger partial charge is 0.465 e. The Balaban J connectivity index is 1.52. The molecule has 8 nitrogen and oxygen atoms in total. The normalized spacial score (nSPS) is 23.2. The van der Waals surface area contributed by atoms with Gasteiger partial charge in [0.25, 0.3) is 11.1 Å². The number of esters is 1. The van der Waals surface area contributed by atoms with Crippen LogP contribution in [-0.4, -0.2) is 50.7 Å². The van der Waals surface area contributed by atoms with Gasteiger partial charge in [0.2, 0.25) is 0 Å². The first-order valence-electron chi connectivity index (χ1n) is 12.4. The number of rotatable bonds is 8. The van der Waals surface area contributed by atoms with E-state index < -0.39 is 11.9 Å². The molecule has 2 aromatic rings. The Morgan fingerprint density at radius 2 is 1.71 bits per heavy atom. The smallest absolute Gasteiger partial charge is 0.338 e. The van der Waals surface area contributed by atoms with Crippen LogP contribution in [-0.2, 0) is 23.8 Å². The summed E-state index contributed by atoms with van der Waals surface area (Å²) in [6.07, 6.45) is 7.22.